The number of nitro benzene ring substituents is 1. The van der Waals surface area contributed by atoms with Crippen molar-refractivity contribution >= 4 is 23.5 Å². The second kappa shape index (κ2) is 28.6. The molecule has 0 radical (unpaired) electrons. The van der Waals surface area contributed by atoms with Crippen LogP contribution < -0.4 is 5.73 Å². The molecule has 0 saturated heterocycles. The quantitative estimate of drug-likeness (QED) is 0.0277. The van der Waals surface area contributed by atoms with Crippen LogP contribution in [0.5, 0.6) is 0 Å². The lowest BCUT2D eigenvalue weighted by atomic mass is 10.0. The molecule has 0 saturated carbocycles. The molecule has 0 fully saturated rings. The number of hydrogen-bond acceptors (Lipinski definition) is 8. The second-order valence-corrected chi connectivity index (χ2v) is 13.1. The summed E-state index contributed by atoms with van der Waals surface area (Å²) in [5.74, 6) is -1.80. The predicted octanol–water partition coefficient (Wildman–Crippen LogP) is 9.72. The van der Waals surface area contributed by atoms with Crippen molar-refractivity contribution in [2.75, 3.05) is 13.1 Å². The molecule has 1 rings (SSSR count). The Kier molecular flexibility index (Phi) is 25.5. The molecule has 0 bridgehead atoms. The smallest absolute Gasteiger partial charge is 0.323 e. The van der Waals surface area contributed by atoms with Crippen molar-refractivity contribution in [1.82, 2.24) is 4.90 Å². The minimum absolute atomic E-state index is 0.134. The van der Waals surface area contributed by atoms with Gasteiger partial charge in [0.1, 0.15) is 12.6 Å². The highest BCUT2D eigenvalue weighted by Gasteiger charge is 2.24. The minimum atomic E-state index is -1.28. The van der Waals surface area contributed by atoms with Gasteiger partial charge in [0.2, 0.25) is 0 Å². The summed E-state index contributed by atoms with van der Waals surface area (Å²) in [5.41, 5.74) is 5.82. The first-order valence-electron chi connectivity index (χ1n) is 19.0. The van der Waals surface area contributed by atoms with E-state index in [0.29, 0.717) is 13.1 Å². The fourth-order valence-corrected chi connectivity index (χ4v) is 5.78. The molecule has 49 heavy (non-hydrogen) atoms. The molecule has 0 aliphatic rings. The maximum Gasteiger partial charge on any atom is 0.323 e. The van der Waals surface area contributed by atoms with Gasteiger partial charge in [0.05, 0.1) is 23.2 Å². The van der Waals surface area contributed by atoms with E-state index in [9.17, 15) is 24.5 Å². The number of nitrogens with two attached hydrogens (primary N) is 1. The Morgan fingerprint density at radius 1 is 0.796 bits per heavy atom. The zero-order valence-corrected chi connectivity index (χ0v) is 30.8. The van der Waals surface area contributed by atoms with Crippen molar-refractivity contribution in [3.63, 3.8) is 0 Å². The number of rotatable bonds is 30. The third kappa shape index (κ3) is 20.8. The van der Waals surface area contributed by atoms with E-state index < -0.39 is 35.9 Å². The van der Waals surface area contributed by atoms with E-state index in [4.69, 9.17) is 15.2 Å². The number of esters is 2. The number of allylic oxidation sites excluding steroid dienone is 1. The number of carbonyl (C=O) groups excluding carboxylic acids is 3. The van der Waals surface area contributed by atoms with Crippen LogP contribution in [0, 0.1) is 10.1 Å². The number of unbranched alkanes of at least 4 members (excludes halogenated alkanes) is 18. The van der Waals surface area contributed by atoms with Crippen LogP contribution in [0.25, 0.3) is 0 Å². The summed E-state index contributed by atoms with van der Waals surface area (Å²) in [4.78, 5) is 51.0. The van der Waals surface area contributed by atoms with Crippen LogP contribution in [0.4, 0.5) is 5.69 Å². The first-order chi connectivity index (χ1) is 23.7. The van der Waals surface area contributed by atoms with Crippen molar-refractivity contribution in [1.29, 1.82) is 0 Å². The van der Waals surface area contributed by atoms with Crippen LogP contribution in [0.2, 0.25) is 0 Å². The molecule has 1 aromatic rings. The van der Waals surface area contributed by atoms with E-state index in [2.05, 4.69) is 13.8 Å². The highest BCUT2D eigenvalue weighted by Crippen LogP contribution is 2.23. The van der Waals surface area contributed by atoms with Crippen molar-refractivity contribution in [2.24, 2.45) is 5.73 Å². The zero-order chi connectivity index (χ0) is 36.1. The molecule has 0 aromatic heterocycles. The van der Waals surface area contributed by atoms with Gasteiger partial charge in [-0.3, -0.25) is 24.5 Å². The fraction of sp³-hybridized carbons (Fsp3) is 0.718. The molecule has 0 heterocycles. The van der Waals surface area contributed by atoms with E-state index in [1.807, 2.05) is 4.90 Å². The Balaban J connectivity index is 2.78. The number of hydrogen-bond donors (Lipinski definition) is 1. The monoisotopic (exact) mass is 687 g/mol. The number of carbonyl (C=O) groups is 3. The summed E-state index contributed by atoms with van der Waals surface area (Å²) in [5, 5.41) is 12.0. The first kappa shape index (κ1) is 43.8. The van der Waals surface area contributed by atoms with E-state index in [0.717, 1.165) is 38.5 Å². The molecule has 10 nitrogen and oxygen atoms in total. The van der Waals surface area contributed by atoms with Gasteiger partial charge in [-0.15, -0.1) is 0 Å². The van der Waals surface area contributed by atoms with Gasteiger partial charge in [-0.1, -0.05) is 135 Å². The van der Waals surface area contributed by atoms with E-state index in [1.54, 1.807) is 13.0 Å². The van der Waals surface area contributed by atoms with Crippen LogP contribution in [0.1, 0.15) is 172 Å². The molecular weight excluding hydrogens is 622 g/mol. The van der Waals surface area contributed by atoms with Crippen molar-refractivity contribution < 1.29 is 28.8 Å². The third-order valence-electron chi connectivity index (χ3n) is 8.77. The van der Waals surface area contributed by atoms with Gasteiger partial charge in [0, 0.05) is 24.7 Å². The second-order valence-electron chi connectivity index (χ2n) is 13.1. The topological polar surface area (TPSA) is 142 Å². The summed E-state index contributed by atoms with van der Waals surface area (Å²) < 4.78 is 9.95. The molecule has 0 aliphatic carbocycles. The Morgan fingerprint density at radius 3 is 1.71 bits per heavy atom. The number of amides is 1. The van der Waals surface area contributed by atoms with Crippen molar-refractivity contribution in [3.8, 4) is 0 Å². The van der Waals surface area contributed by atoms with Gasteiger partial charge >= 0.3 is 11.9 Å². The minimum Gasteiger partial charge on any atom is -0.459 e. The maximum atomic E-state index is 13.7. The van der Waals surface area contributed by atoms with Gasteiger partial charge in [-0.2, -0.15) is 0 Å². The SMILES string of the molecule is CC=COC(=O)CC(N)C(=O)OCc1ccc(C(=O)N(CCCCCCCCCCCC)CCCCCCCCCCCC)cc1[N+](=O)[O-]. The van der Waals surface area contributed by atoms with E-state index >= 15 is 0 Å². The predicted molar refractivity (Wildman–Crippen MR) is 196 cm³/mol. The number of nitro groups is 1. The summed E-state index contributed by atoms with van der Waals surface area (Å²) >= 11 is 0. The summed E-state index contributed by atoms with van der Waals surface area (Å²) in [6.45, 7) is 6.96. The number of benzene rings is 1. The van der Waals surface area contributed by atoms with Crippen molar-refractivity contribution in [3.05, 3.63) is 51.8 Å². The lowest BCUT2D eigenvalue weighted by Crippen LogP contribution is -2.34. The summed E-state index contributed by atoms with van der Waals surface area (Å²) in [6, 6.07) is 2.99. The Hall–Kier alpha value is -3.27. The van der Waals surface area contributed by atoms with Crippen LogP contribution in [-0.2, 0) is 25.7 Å². The van der Waals surface area contributed by atoms with Gasteiger partial charge in [0.25, 0.3) is 11.6 Å². The molecule has 278 valence electrons. The average Bonchev–Trinajstić information content (AvgIpc) is 3.09. The molecule has 0 spiro atoms. The van der Waals surface area contributed by atoms with Crippen molar-refractivity contribution in [2.45, 2.75) is 168 Å². The van der Waals surface area contributed by atoms with E-state index in [-0.39, 0.29) is 22.7 Å². The van der Waals surface area contributed by atoms with Gasteiger partial charge in [0.15, 0.2) is 0 Å². The Labute approximate surface area is 295 Å². The highest BCUT2D eigenvalue weighted by molar-refractivity contribution is 5.95. The van der Waals surface area contributed by atoms with Crippen LogP contribution >= 0.6 is 0 Å². The molecule has 10 heteroatoms. The van der Waals surface area contributed by atoms with Gasteiger partial charge < -0.3 is 20.1 Å². The third-order valence-corrected chi connectivity index (χ3v) is 8.77. The molecule has 0 aliphatic heterocycles. The largest absolute Gasteiger partial charge is 0.459 e. The number of ether oxygens (including phenoxy) is 2. The molecule has 1 aromatic carbocycles. The Bertz CT molecular complexity index is 1080. The summed E-state index contributed by atoms with van der Waals surface area (Å²) in [7, 11) is 0. The van der Waals surface area contributed by atoms with Gasteiger partial charge in [-0.25, -0.2) is 0 Å². The highest BCUT2D eigenvalue weighted by atomic mass is 16.6. The number of nitrogens with zero attached hydrogens (tertiary/aromatic N) is 2. The van der Waals surface area contributed by atoms with Crippen LogP contribution in [-0.4, -0.2) is 46.8 Å². The molecular formula is C39H65N3O7. The van der Waals surface area contributed by atoms with Gasteiger partial charge in [-0.05, 0) is 31.9 Å². The lowest BCUT2D eigenvalue weighted by Gasteiger charge is -2.23. The summed E-state index contributed by atoms with van der Waals surface area (Å²) in [6.07, 6.45) is 26.4. The molecule has 1 unspecified atom stereocenters. The Morgan fingerprint density at radius 2 is 1.27 bits per heavy atom. The molecule has 1 amide bonds. The fourth-order valence-electron chi connectivity index (χ4n) is 5.78. The first-order valence-corrected chi connectivity index (χ1v) is 19.0. The van der Waals surface area contributed by atoms with Crippen LogP contribution in [0.15, 0.2) is 30.5 Å². The lowest BCUT2D eigenvalue weighted by molar-refractivity contribution is -0.385. The van der Waals surface area contributed by atoms with E-state index in [1.165, 1.54) is 114 Å². The van der Waals surface area contributed by atoms with Crippen LogP contribution in [0.3, 0.4) is 0 Å². The average molecular weight is 688 g/mol. The standard InChI is InChI=1S/C39H65N3O7/c1-4-7-9-11-13-15-17-19-21-23-27-41(28-24-22-20-18-16-14-12-10-8-5-2)38(44)33-25-26-34(36(30-33)42(46)47)32-49-39(45)35(40)31-37(43)48-29-6-3/h6,25-26,29-30,35H,4-5,7-24,27-28,31-32,40H2,1-3H3. The maximum absolute atomic E-state index is 13.7. The zero-order valence-electron chi connectivity index (χ0n) is 30.8. The molecule has 1 atom stereocenters. The normalized spacial score (nSPS) is 11.8. The molecule has 2 N–H and O–H groups in total.